The minimum atomic E-state index is 0.345. The Kier molecular flexibility index (Phi) is 4.94. The average Bonchev–Trinajstić information content (AvgIpc) is 3.03. The van der Waals surface area contributed by atoms with Gasteiger partial charge in [0.05, 0.1) is 6.54 Å². The number of aromatic nitrogens is 3. The molecular weight excluding hydrogens is 378 g/mol. The van der Waals surface area contributed by atoms with E-state index in [-0.39, 0.29) is 0 Å². The summed E-state index contributed by atoms with van der Waals surface area (Å²) in [6.45, 7) is 0.345. The van der Waals surface area contributed by atoms with E-state index in [1.165, 1.54) is 0 Å². The first-order chi connectivity index (χ1) is 11.2. The van der Waals surface area contributed by atoms with Gasteiger partial charge in [0.25, 0.3) is 0 Å². The van der Waals surface area contributed by atoms with E-state index in [0.29, 0.717) is 23.4 Å². The number of hydrogen-bond acceptors (Lipinski definition) is 5. The Morgan fingerprint density at radius 1 is 1.22 bits per heavy atom. The molecule has 0 amide bonds. The van der Waals surface area contributed by atoms with E-state index in [0.717, 1.165) is 15.7 Å². The van der Waals surface area contributed by atoms with Crippen molar-refractivity contribution in [3.63, 3.8) is 0 Å². The number of anilines is 1. The van der Waals surface area contributed by atoms with E-state index >= 15 is 0 Å². The van der Waals surface area contributed by atoms with Crippen LogP contribution in [0.25, 0.3) is 11.4 Å². The van der Waals surface area contributed by atoms with Crippen molar-refractivity contribution < 1.29 is 4.52 Å². The quantitative estimate of drug-likeness (QED) is 0.662. The van der Waals surface area contributed by atoms with Gasteiger partial charge in [-0.25, -0.2) is 0 Å². The van der Waals surface area contributed by atoms with Crippen LogP contribution in [0.15, 0.2) is 57.8 Å². The second-order valence-electron chi connectivity index (χ2n) is 4.57. The summed E-state index contributed by atoms with van der Waals surface area (Å²) in [6, 6.07) is 11.4. The van der Waals surface area contributed by atoms with Crippen molar-refractivity contribution >= 4 is 38.9 Å². The number of rotatable bonds is 4. The van der Waals surface area contributed by atoms with Crippen LogP contribution >= 0.6 is 28.1 Å². The van der Waals surface area contributed by atoms with Crippen LogP contribution < -0.4 is 10.6 Å². The van der Waals surface area contributed by atoms with Gasteiger partial charge in [-0.3, -0.25) is 4.98 Å². The van der Waals surface area contributed by atoms with Crippen molar-refractivity contribution in [2.24, 2.45) is 0 Å². The van der Waals surface area contributed by atoms with Crippen molar-refractivity contribution in [3.05, 3.63) is 59.2 Å². The lowest BCUT2D eigenvalue weighted by molar-refractivity contribution is 0.376. The second-order valence-corrected chi connectivity index (χ2v) is 5.89. The van der Waals surface area contributed by atoms with Crippen LogP contribution in [0, 0.1) is 0 Å². The average molecular weight is 390 g/mol. The lowest BCUT2D eigenvalue weighted by Gasteiger charge is -2.07. The fourth-order valence-electron chi connectivity index (χ4n) is 1.84. The fourth-order valence-corrected chi connectivity index (χ4v) is 2.43. The largest absolute Gasteiger partial charge is 0.353 e. The highest BCUT2D eigenvalue weighted by atomic mass is 79.9. The molecule has 2 aromatic heterocycles. The summed E-state index contributed by atoms with van der Waals surface area (Å²) >= 11 is 8.63. The number of pyridine rings is 1. The molecule has 1 aromatic carbocycles. The Labute approximate surface area is 146 Å². The smallest absolute Gasteiger partial charge is 0.246 e. The van der Waals surface area contributed by atoms with Crippen molar-refractivity contribution in [2.45, 2.75) is 6.54 Å². The van der Waals surface area contributed by atoms with Gasteiger partial charge in [0, 0.05) is 28.1 Å². The maximum absolute atomic E-state index is 5.22. The number of hydrogen-bond donors (Lipinski definition) is 2. The first-order valence-electron chi connectivity index (χ1n) is 6.74. The summed E-state index contributed by atoms with van der Waals surface area (Å²) in [5.41, 5.74) is 1.74. The first-order valence-corrected chi connectivity index (χ1v) is 7.94. The molecule has 23 heavy (non-hydrogen) atoms. The Hall–Kier alpha value is -2.32. The van der Waals surface area contributed by atoms with Crippen molar-refractivity contribution in [3.8, 4) is 11.4 Å². The minimum absolute atomic E-state index is 0.345. The molecule has 6 nitrogen and oxygen atoms in total. The predicted octanol–water partition coefficient (Wildman–Crippen LogP) is 3.38. The Balaban J connectivity index is 1.58. The first kappa shape index (κ1) is 15.6. The number of thiocarbonyl (C=S) groups is 1. The Morgan fingerprint density at radius 3 is 2.83 bits per heavy atom. The van der Waals surface area contributed by atoms with E-state index in [1.54, 1.807) is 12.4 Å². The molecule has 0 saturated carbocycles. The predicted molar refractivity (Wildman–Crippen MR) is 94.7 cm³/mol. The molecule has 0 radical (unpaired) electrons. The van der Waals surface area contributed by atoms with Crippen molar-refractivity contribution in [2.75, 3.05) is 5.32 Å². The molecule has 3 aromatic rings. The van der Waals surface area contributed by atoms with Crippen LogP contribution in [0.3, 0.4) is 0 Å². The normalized spacial score (nSPS) is 10.3. The molecule has 0 atom stereocenters. The van der Waals surface area contributed by atoms with Gasteiger partial charge in [-0.2, -0.15) is 4.98 Å². The van der Waals surface area contributed by atoms with E-state index in [4.69, 9.17) is 16.7 Å². The van der Waals surface area contributed by atoms with E-state index in [1.807, 2.05) is 36.4 Å². The highest BCUT2D eigenvalue weighted by Crippen LogP contribution is 2.20. The van der Waals surface area contributed by atoms with Gasteiger partial charge in [-0.15, -0.1) is 0 Å². The minimum Gasteiger partial charge on any atom is -0.353 e. The molecule has 3 rings (SSSR count). The Morgan fingerprint density at radius 2 is 2.04 bits per heavy atom. The van der Waals surface area contributed by atoms with Gasteiger partial charge in [-0.1, -0.05) is 33.2 Å². The third kappa shape index (κ3) is 4.33. The third-order valence-electron chi connectivity index (χ3n) is 2.89. The van der Waals surface area contributed by atoms with Crippen molar-refractivity contribution in [1.29, 1.82) is 0 Å². The molecule has 0 spiro atoms. The van der Waals surface area contributed by atoms with Crippen LogP contribution in [0.5, 0.6) is 0 Å². The monoisotopic (exact) mass is 389 g/mol. The Bertz CT molecular complexity index is 808. The molecule has 2 N–H and O–H groups in total. The topological polar surface area (TPSA) is 75.9 Å². The molecule has 8 heteroatoms. The summed E-state index contributed by atoms with van der Waals surface area (Å²) < 4.78 is 6.18. The number of benzene rings is 1. The standard InChI is InChI=1S/C15H12BrN5OS/c16-11-3-1-2-10(8-11)14-20-13(22-21-14)9-18-15(23)19-12-4-6-17-7-5-12/h1-8H,9H2,(H2,17,18,19,23). The lowest BCUT2D eigenvalue weighted by Crippen LogP contribution is -2.27. The van der Waals surface area contributed by atoms with Crippen LogP contribution in [-0.4, -0.2) is 20.2 Å². The van der Waals surface area contributed by atoms with Gasteiger partial charge in [0.1, 0.15) is 0 Å². The van der Waals surface area contributed by atoms with Crippen LogP contribution in [0.2, 0.25) is 0 Å². The summed E-state index contributed by atoms with van der Waals surface area (Å²) in [5, 5.41) is 10.5. The SMILES string of the molecule is S=C(NCc1nc(-c2cccc(Br)c2)no1)Nc1ccncc1. The van der Waals surface area contributed by atoms with E-state index in [2.05, 4.69) is 41.7 Å². The zero-order valence-electron chi connectivity index (χ0n) is 11.9. The molecule has 0 unspecified atom stereocenters. The van der Waals surface area contributed by atoms with Crippen molar-refractivity contribution in [1.82, 2.24) is 20.4 Å². The molecule has 0 saturated heterocycles. The highest BCUT2D eigenvalue weighted by molar-refractivity contribution is 9.10. The van der Waals surface area contributed by atoms with E-state index in [9.17, 15) is 0 Å². The van der Waals surface area contributed by atoms with Gasteiger partial charge < -0.3 is 15.2 Å². The fraction of sp³-hybridized carbons (Fsp3) is 0.0667. The number of nitrogens with zero attached hydrogens (tertiary/aromatic N) is 3. The third-order valence-corrected chi connectivity index (χ3v) is 3.63. The van der Waals surface area contributed by atoms with Gasteiger partial charge >= 0.3 is 0 Å². The molecule has 0 aliphatic rings. The maximum Gasteiger partial charge on any atom is 0.246 e. The number of halogens is 1. The van der Waals surface area contributed by atoms with Gasteiger partial charge in [0.15, 0.2) is 5.11 Å². The molecule has 0 fully saturated rings. The number of nitrogens with one attached hydrogen (secondary N) is 2. The highest BCUT2D eigenvalue weighted by Gasteiger charge is 2.09. The van der Waals surface area contributed by atoms with Gasteiger partial charge in [-0.05, 0) is 36.5 Å². The summed E-state index contributed by atoms with van der Waals surface area (Å²) in [7, 11) is 0. The van der Waals surface area contributed by atoms with Gasteiger partial charge in [0.2, 0.25) is 11.7 Å². The lowest BCUT2D eigenvalue weighted by atomic mass is 10.2. The molecule has 0 aliphatic carbocycles. The summed E-state index contributed by atoms with van der Waals surface area (Å²) in [5.74, 6) is 0.995. The molecule has 116 valence electrons. The van der Waals surface area contributed by atoms with Crippen LogP contribution in [-0.2, 0) is 6.54 Å². The maximum atomic E-state index is 5.22. The molecule has 0 bridgehead atoms. The van der Waals surface area contributed by atoms with Crippen LogP contribution in [0.4, 0.5) is 5.69 Å². The second kappa shape index (κ2) is 7.30. The zero-order valence-corrected chi connectivity index (χ0v) is 14.3. The molecule has 2 heterocycles. The summed E-state index contributed by atoms with van der Waals surface area (Å²) in [6.07, 6.45) is 3.38. The zero-order chi connectivity index (χ0) is 16.1. The van der Waals surface area contributed by atoms with Crippen LogP contribution in [0.1, 0.15) is 5.89 Å². The summed E-state index contributed by atoms with van der Waals surface area (Å²) in [4.78, 5) is 8.29. The van der Waals surface area contributed by atoms with E-state index < -0.39 is 0 Å². The molecule has 0 aliphatic heterocycles. The molecular formula is C15H12BrN5OS.